The van der Waals surface area contributed by atoms with Gasteiger partial charge in [0.25, 0.3) is 0 Å². The number of allylic oxidation sites excluding steroid dienone is 1. The molecule has 1 atom stereocenters. The van der Waals surface area contributed by atoms with Crippen LogP contribution in [0.5, 0.6) is 11.5 Å². The van der Waals surface area contributed by atoms with Gasteiger partial charge < -0.3 is 9.57 Å². The van der Waals surface area contributed by atoms with E-state index in [1.54, 1.807) is 7.11 Å². The molecule has 2 aromatic rings. The Hall–Kier alpha value is -2.70. The summed E-state index contributed by atoms with van der Waals surface area (Å²) >= 11 is 0. The molecule has 1 aliphatic rings. The highest BCUT2D eigenvalue weighted by Gasteiger charge is 2.24. The quantitative estimate of drug-likeness (QED) is 0.692. The van der Waals surface area contributed by atoms with Crippen molar-refractivity contribution in [3.05, 3.63) is 71.3 Å². The van der Waals surface area contributed by atoms with Crippen LogP contribution in [0.3, 0.4) is 0 Å². The van der Waals surface area contributed by atoms with E-state index in [0.717, 1.165) is 46.6 Å². The molecule has 0 amide bonds. The molecule has 0 aliphatic carbocycles. The maximum atomic E-state index is 5.77. The minimum absolute atomic E-state index is 0.0551. The maximum Gasteiger partial charge on any atom is 0.192 e. The van der Waals surface area contributed by atoms with Crippen molar-refractivity contribution in [2.45, 2.75) is 18.9 Å². The Bertz CT molecular complexity index is 774. The van der Waals surface area contributed by atoms with Crippen molar-refractivity contribution in [2.24, 2.45) is 0 Å². The highest BCUT2D eigenvalue weighted by molar-refractivity contribution is 5.51. The van der Waals surface area contributed by atoms with Gasteiger partial charge in [-0.2, -0.15) is 0 Å². The van der Waals surface area contributed by atoms with Crippen LogP contribution >= 0.6 is 0 Å². The van der Waals surface area contributed by atoms with Crippen molar-refractivity contribution in [3.63, 3.8) is 0 Å². The molecule has 116 valence electrons. The van der Waals surface area contributed by atoms with E-state index in [-0.39, 0.29) is 6.04 Å². The van der Waals surface area contributed by atoms with E-state index >= 15 is 0 Å². The number of methoxy groups -OCH3 is 1. The van der Waals surface area contributed by atoms with E-state index < -0.39 is 0 Å². The molecule has 3 heteroatoms. The Labute approximate surface area is 136 Å². The second-order valence-corrected chi connectivity index (χ2v) is 5.53. The van der Waals surface area contributed by atoms with Gasteiger partial charge in [-0.15, -0.1) is 18.5 Å². The van der Waals surface area contributed by atoms with Crippen LogP contribution in [0, 0.1) is 12.3 Å². The van der Waals surface area contributed by atoms with E-state index in [0.29, 0.717) is 0 Å². The van der Waals surface area contributed by atoms with Crippen molar-refractivity contribution in [2.75, 3.05) is 7.11 Å². The van der Waals surface area contributed by atoms with Gasteiger partial charge in [-0.1, -0.05) is 30.2 Å². The van der Waals surface area contributed by atoms with Gasteiger partial charge >= 0.3 is 0 Å². The summed E-state index contributed by atoms with van der Waals surface area (Å²) in [6.45, 7) is 3.80. The van der Waals surface area contributed by atoms with E-state index in [1.165, 1.54) is 0 Å². The lowest BCUT2D eigenvalue weighted by Crippen LogP contribution is -2.31. The van der Waals surface area contributed by atoms with Crippen molar-refractivity contribution < 1.29 is 9.57 Å². The van der Waals surface area contributed by atoms with Gasteiger partial charge in [-0.25, -0.2) is 0 Å². The van der Waals surface area contributed by atoms with Gasteiger partial charge in [0, 0.05) is 11.1 Å². The SMILES string of the molecule is C#Cc1cccc(C2Cc3cc(CC=C)cc(OC)c3ON2)c1. The maximum absolute atomic E-state index is 5.77. The highest BCUT2D eigenvalue weighted by Crippen LogP contribution is 2.38. The summed E-state index contributed by atoms with van der Waals surface area (Å²) in [6.07, 6.45) is 8.98. The lowest BCUT2D eigenvalue weighted by Gasteiger charge is -2.28. The smallest absolute Gasteiger partial charge is 0.192 e. The van der Waals surface area contributed by atoms with Crippen LogP contribution in [0.15, 0.2) is 49.1 Å². The number of hydrogen-bond donors (Lipinski definition) is 1. The Kier molecular flexibility index (Phi) is 4.36. The molecular weight excluding hydrogens is 286 g/mol. The standard InChI is InChI=1S/C20H19NO2/c1-4-7-15-11-17-13-18(16-9-6-8-14(5-2)10-16)21-23-20(17)19(12-15)22-3/h2,4,6,8-12,18,21H,1,7,13H2,3H3. The first-order chi connectivity index (χ1) is 11.2. The first kappa shape index (κ1) is 15.2. The topological polar surface area (TPSA) is 30.5 Å². The number of hydrogen-bond acceptors (Lipinski definition) is 3. The van der Waals surface area contributed by atoms with Gasteiger partial charge in [0.15, 0.2) is 11.5 Å². The Morgan fingerprint density at radius 3 is 3.04 bits per heavy atom. The van der Waals surface area contributed by atoms with Crippen molar-refractivity contribution in [1.29, 1.82) is 0 Å². The van der Waals surface area contributed by atoms with Crippen LogP contribution in [-0.2, 0) is 12.8 Å². The number of benzene rings is 2. The summed E-state index contributed by atoms with van der Waals surface area (Å²) < 4.78 is 5.45. The fraction of sp³-hybridized carbons (Fsp3) is 0.200. The molecule has 3 rings (SSSR count). The molecule has 23 heavy (non-hydrogen) atoms. The van der Waals surface area contributed by atoms with Crippen LogP contribution in [0.2, 0.25) is 0 Å². The number of terminal acetylenes is 1. The number of fused-ring (bicyclic) bond motifs is 1. The highest BCUT2D eigenvalue weighted by atomic mass is 16.7. The zero-order valence-corrected chi connectivity index (χ0v) is 13.1. The Morgan fingerprint density at radius 1 is 1.43 bits per heavy atom. The molecule has 1 N–H and O–H groups in total. The summed E-state index contributed by atoms with van der Waals surface area (Å²) in [7, 11) is 1.65. The molecule has 0 saturated carbocycles. The molecule has 3 nitrogen and oxygen atoms in total. The second-order valence-electron chi connectivity index (χ2n) is 5.53. The molecule has 0 saturated heterocycles. The number of rotatable bonds is 4. The molecular formula is C20H19NO2. The zero-order chi connectivity index (χ0) is 16.2. The van der Waals surface area contributed by atoms with Gasteiger partial charge in [-0.3, -0.25) is 0 Å². The van der Waals surface area contributed by atoms with Gasteiger partial charge in [0.1, 0.15) is 0 Å². The molecule has 1 unspecified atom stereocenters. The zero-order valence-electron chi connectivity index (χ0n) is 13.1. The molecule has 1 heterocycles. The first-order valence-electron chi connectivity index (χ1n) is 7.54. The first-order valence-corrected chi connectivity index (χ1v) is 7.54. The summed E-state index contributed by atoms with van der Waals surface area (Å²) in [5.41, 5.74) is 7.36. The third-order valence-electron chi connectivity index (χ3n) is 3.97. The third kappa shape index (κ3) is 3.08. The van der Waals surface area contributed by atoms with Crippen LogP contribution < -0.4 is 15.1 Å². The van der Waals surface area contributed by atoms with E-state index in [4.69, 9.17) is 16.0 Å². The molecule has 1 aliphatic heterocycles. The van der Waals surface area contributed by atoms with E-state index in [1.807, 2.05) is 30.3 Å². The predicted octanol–water partition coefficient (Wildman–Crippen LogP) is 3.59. The molecule has 0 fully saturated rings. The number of nitrogens with one attached hydrogen (secondary N) is 1. The summed E-state index contributed by atoms with van der Waals surface area (Å²) in [6, 6.07) is 12.1. The van der Waals surface area contributed by atoms with Crippen LogP contribution in [0.1, 0.15) is 28.3 Å². The molecule has 2 aromatic carbocycles. The molecule has 0 radical (unpaired) electrons. The van der Waals surface area contributed by atoms with Crippen molar-refractivity contribution >= 4 is 0 Å². The second kappa shape index (κ2) is 6.60. The summed E-state index contributed by atoms with van der Waals surface area (Å²) in [5.74, 6) is 4.16. The average Bonchev–Trinajstić information content (AvgIpc) is 2.60. The third-order valence-corrected chi connectivity index (χ3v) is 3.97. The van der Waals surface area contributed by atoms with Crippen LogP contribution in [0.25, 0.3) is 0 Å². The summed E-state index contributed by atoms with van der Waals surface area (Å²) in [4.78, 5) is 5.77. The van der Waals surface area contributed by atoms with Crippen molar-refractivity contribution in [3.8, 4) is 23.8 Å². The monoisotopic (exact) mass is 305 g/mol. The predicted molar refractivity (Wildman–Crippen MR) is 91.5 cm³/mol. The molecule has 0 bridgehead atoms. The average molecular weight is 305 g/mol. The molecule has 0 spiro atoms. The van der Waals surface area contributed by atoms with Gasteiger partial charge in [-0.05, 0) is 42.2 Å². The van der Waals surface area contributed by atoms with E-state index in [9.17, 15) is 0 Å². The lowest BCUT2D eigenvalue weighted by molar-refractivity contribution is 0.128. The fourth-order valence-electron chi connectivity index (χ4n) is 2.85. The molecule has 0 aromatic heterocycles. The Balaban J connectivity index is 1.94. The minimum atomic E-state index is 0.0551. The number of ether oxygens (including phenoxy) is 1. The fourth-order valence-corrected chi connectivity index (χ4v) is 2.85. The normalized spacial score (nSPS) is 15.9. The van der Waals surface area contributed by atoms with Crippen LogP contribution in [0.4, 0.5) is 0 Å². The van der Waals surface area contributed by atoms with E-state index in [2.05, 4.69) is 30.1 Å². The number of hydroxylamine groups is 1. The minimum Gasteiger partial charge on any atom is -0.493 e. The summed E-state index contributed by atoms with van der Waals surface area (Å²) in [5, 5.41) is 0. The van der Waals surface area contributed by atoms with Gasteiger partial charge in [0.2, 0.25) is 0 Å². The van der Waals surface area contributed by atoms with Crippen LogP contribution in [-0.4, -0.2) is 7.11 Å². The van der Waals surface area contributed by atoms with Gasteiger partial charge in [0.05, 0.1) is 13.2 Å². The van der Waals surface area contributed by atoms with Crippen molar-refractivity contribution in [1.82, 2.24) is 5.48 Å². The lowest BCUT2D eigenvalue weighted by atomic mass is 9.94. The largest absolute Gasteiger partial charge is 0.493 e. The Morgan fingerprint density at radius 2 is 2.30 bits per heavy atom.